The van der Waals surface area contributed by atoms with E-state index in [1.807, 2.05) is 36.4 Å². The number of hydrogen-bond donors (Lipinski definition) is 1. The molecule has 0 radical (unpaired) electrons. The Morgan fingerprint density at radius 2 is 1.56 bits per heavy atom. The molecule has 0 saturated carbocycles. The fourth-order valence-corrected chi connectivity index (χ4v) is 3.43. The van der Waals surface area contributed by atoms with E-state index in [9.17, 15) is 4.79 Å². The van der Waals surface area contributed by atoms with Gasteiger partial charge in [0.05, 0.1) is 0 Å². The van der Waals surface area contributed by atoms with Gasteiger partial charge in [-0.1, -0.05) is 39.7 Å². The van der Waals surface area contributed by atoms with Crippen LogP contribution in [0.2, 0.25) is 5.02 Å². The molecule has 0 aromatic heterocycles. The summed E-state index contributed by atoms with van der Waals surface area (Å²) in [4.78, 5) is 13.4. The molecule has 0 spiro atoms. The lowest BCUT2D eigenvalue weighted by Crippen LogP contribution is -2.11. The van der Waals surface area contributed by atoms with Crippen LogP contribution < -0.4 is 5.32 Å². The summed E-state index contributed by atoms with van der Waals surface area (Å²) in [5.74, 6) is 0.737. The SMILES string of the molecule is O=C(Nc1ccc(CSc2ccc(Br)cc2)cc1)c1ccc(Cl)cc1. The highest BCUT2D eigenvalue weighted by molar-refractivity contribution is 9.10. The van der Waals surface area contributed by atoms with Gasteiger partial charge < -0.3 is 5.32 Å². The van der Waals surface area contributed by atoms with Crippen molar-refractivity contribution < 1.29 is 4.79 Å². The van der Waals surface area contributed by atoms with E-state index in [0.29, 0.717) is 10.6 Å². The number of hydrogen-bond acceptors (Lipinski definition) is 2. The third-order valence-electron chi connectivity index (χ3n) is 3.54. The number of nitrogens with one attached hydrogen (secondary N) is 1. The summed E-state index contributed by atoms with van der Waals surface area (Å²) in [6, 6.07) is 23.0. The molecular formula is C20H15BrClNOS. The second kappa shape index (κ2) is 8.56. The van der Waals surface area contributed by atoms with Crippen molar-refractivity contribution in [3.8, 4) is 0 Å². The largest absolute Gasteiger partial charge is 0.322 e. The van der Waals surface area contributed by atoms with Crippen LogP contribution >= 0.6 is 39.3 Å². The van der Waals surface area contributed by atoms with Gasteiger partial charge in [0.1, 0.15) is 0 Å². The maximum absolute atomic E-state index is 12.2. The zero-order chi connectivity index (χ0) is 17.6. The summed E-state index contributed by atoms with van der Waals surface area (Å²) >= 11 is 11.1. The zero-order valence-corrected chi connectivity index (χ0v) is 16.4. The van der Waals surface area contributed by atoms with Crippen LogP contribution in [0, 0.1) is 0 Å². The molecule has 0 unspecified atom stereocenters. The molecule has 3 aromatic carbocycles. The normalized spacial score (nSPS) is 10.5. The quantitative estimate of drug-likeness (QED) is 0.457. The molecule has 0 saturated heterocycles. The third-order valence-corrected chi connectivity index (χ3v) is 5.40. The maximum Gasteiger partial charge on any atom is 0.255 e. The molecule has 1 N–H and O–H groups in total. The topological polar surface area (TPSA) is 29.1 Å². The number of anilines is 1. The molecule has 3 aromatic rings. The molecule has 0 aliphatic carbocycles. The average molecular weight is 433 g/mol. The Kier molecular flexibility index (Phi) is 6.19. The van der Waals surface area contributed by atoms with Gasteiger partial charge in [0, 0.05) is 31.4 Å². The second-order valence-corrected chi connectivity index (χ2v) is 7.80. The predicted octanol–water partition coefficient (Wildman–Crippen LogP) is 6.65. The van der Waals surface area contributed by atoms with E-state index in [2.05, 4.69) is 33.4 Å². The number of halogens is 2. The lowest BCUT2D eigenvalue weighted by molar-refractivity contribution is 0.102. The van der Waals surface area contributed by atoms with Crippen LogP contribution in [0.25, 0.3) is 0 Å². The molecule has 0 bridgehead atoms. The van der Waals surface area contributed by atoms with Crippen LogP contribution in [0.1, 0.15) is 15.9 Å². The number of carbonyl (C=O) groups excluding carboxylic acids is 1. The first kappa shape index (κ1) is 18.1. The van der Waals surface area contributed by atoms with Crippen molar-refractivity contribution in [1.29, 1.82) is 0 Å². The van der Waals surface area contributed by atoms with Crippen LogP contribution in [0.5, 0.6) is 0 Å². The number of benzene rings is 3. The van der Waals surface area contributed by atoms with Crippen molar-refractivity contribution in [3.05, 3.63) is 93.4 Å². The molecule has 0 fully saturated rings. The summed E-state index contributed by atoms with van der Waals surface area (Å²) in [5.41, 5.74) is 2.56. The van der Waals surface area contributed by atoms with E-state index in [0.717, 1.165) is 15.9 Å². The molecule has 2 nitrogen and oxygen atoms in total. The monoisotopic (exact) mass is 431 g/mol. The summed E-state index contributed by atoms with van der Waals surface area (Å²) < 4.78 is 1.08. The van der Waals surface area contributed by atoms with Crippen molar-refractivity contribution in [2.24, 2.45) is 0 Å². The highest BCUT2D eigenvalue weighted by Crippen LogP contribution is 2.25. The van der Waals surface area contributed by atoms with Gasteiger partial charge in [0.25, 0.3) is 5.91 Å². The first-order valence-corrected chi connectivity index (χ1v) is 9.80. The van der Waals surface area contributed by atoms with Gasteiger partial charge in [-0.2, -0.15) is 0 Å². The van der Waals surface area contributed by atoms with Crippen LogP contribution in [-0.4, -0.2) is 5.91 Å². The molecule has 5 heteroatoms. The van der Waals surface area contributed by atoms with E-state index in [1.165, 1.54) is 10.5 Å². The standard InChI is InChI=1S/C20H15BrClNOS/c21-16-5-11-19(12-6-16)25-13-14-1-9-18(10-2-14)23-20(24)15-3-7-17(22)8-4-15/h1-12H,13H2,(H,23,24). The van der Waals surface area contributed by atoms with Gasteiger partial charge in [0.2, 0.25) is 0 Å². The van der Waals surface area contributed by atoms with Gasteiger partial charge in [-0.25, -0.2) is 0 Å². The van der Waals surface area contributed by atoms with Crippen molar-refractivity contribution in [3.63, 3.8) is 0 Å². The van der Waals surface area contributed by atoms with E-state index in [-0.39, 0.29) is 5.91 Å². The van der Waals surface area contributed by atoms with Crippen LogP contribution in [0.3, 0.4) is 0 Å². The lowest BCUT2D eigenvalue weighted by atomic mass is 10.2. The minimum absolute atomic E-state index is 0.145. The van der Waals surface area contributed by atoms with E-state index in [4.69, 9.17) is 11.6 Å². The highest BCUT2D eigenvalue weighted by atomic mass is 79.9. The average Bonchev–Trinajstić information content (AvgIpc) is 2.63. The molecule has 0 aliphatic rings. The minimum atomic E-state index is -0.145. The van der Waals surface area contributed by atoms with E-state index < -0.39 is 0 Å². The highest BCUT2D eigenvalue weighted by Gasteiger charge is 2.06. The number of amides is 1. The summed E-state index contributed by atoms with van der Waals surface area (Å²) in [5, 5.41) is 3.51. The lowest BCUT2D eigenvalue weighted by Gasteiger charge is -2.07. The molecule has 3 rings (SSSR count). The summed E-state index contributed by atoms with van der Waals surface area (Å²) in [6.07, 6.45) is 0. The molecule has 25 heavy (non-hydrogen) atoms. The van der Waals surface area contributed by atoms with Crippen molar-refractivity contribution in [2.45, 2.75) is 10.6 Å². The smallest absolute Gasteiger partial charge is 0.255 e. The Bertz CT molecular complexity index is 848. The van der Waals surface area contributed by atoms with Crippen molar-refractivity contribution in [1.82, 2.24) is 0 Å². The molecule has 0 aliphatic heterocycles. The summed E-state index contributed by atoms with van der Waals surface area (Å²) in [7, 11) is 0. The van der Waals surface area contributed by atoms with Crippen molar-refractivity contribution >= 4 is 50.9 Å². The number of rotatable bonds is 5. The first-order valence-electron chi connectivity index (χ1n) is 7.64. The second-order valence-electron chi connectivity index (χ2n) is 5.40. The zero-order valence-electron chi connectivity index (χ0n) is 13.2. The Labute approximate surface area is 164 Å². The third kappa shape index (κ3) is 5.36. The van der Waals surface area contributed by atoms with Crippen LogP contribution in [0.15, 0.2) is 82.2 Å². The predicted molar refractivity (Wildman–Crippen MR) is 110 cm³/mol. The molecule has 0 heterocycles. The maximum atomic E-state index is 12.2. The fourth-order valence-electron chi connectivity index (χ4n) is 2.19. The Morgan fingerprint density at radius 3 is 2.20 bits per heavy atom. The molecular weight excluding hydrogens is 418 g/mol. The van der Waals surface area contributed by atoms with E-state index in [1.54, 1.807) is 36.0 Å². The van der Waals surface area contributed by atoms with Gasteiger partial charge in [0.15, 0.2) is 0 Å². The van der Waals surface area contributed by atoms with E-state index >= 15 is 0 Å². The number of carbonyl (C=O) groups is 1. The Morgan fingerprint density at radius 1 is 0.920 bits per heavy atom. The molecule has 1 amide bonds. The van der Waals surface area contributed by atoms with Gasteiger partial charge in [-0.3, -0.25) is 4.79 Å². The van der Waals surface area contributed by atoms with Crippen LogP contribution in [-0.2, 0) is 5.75 Å². The molecule has 0 atom stereocenters. The minimum Gasteiger partial charge on any atom is -0.322 e. The number of thioether (sulfide) groups is 1. The Balaban J connectivity index is 1.57. The van der Waals surface area contributed by atoms with Gasteiger partial charge >= 0.3 is 0 Å². The van der Waals surface area contributed by atoms with Gasteiger partial charge in [-0.15, -0.1) is 11.8 Å². The first-order chi connectivity index (χ1) is 12.1. The fraction of sp³-hybridized carbons (Fsp3) is 0.0500. The van der Waals surface area contributed by atoms with Crippen molar-refractivity contribution in [2.75, 3.05) is 5.32 Å². The molecule has 126 valence electrons. The Hall–Kier alpha value is -1.75. The summed E-state index contributed by atoms with van der Waals surface area (Å²) in [6.45, 7) is 0. The van der Waals surface area contributed by atoms with Crippen LogP contribution in [0.4, 0.5) is 5.69 Å². The van der Waals surface area contributed by atoms with Gasteiger partial charge in [-0.05, 0) is 66.2 Å².